The lowest BCUT2D eigenvalue weighted by molar-refractivity contribution is 0.0600. The third-order valence-electron chi connectivity index (χ3n) is 4.19. The fourth-order valence-corrected chi connectivity index (χ4v) is 2.69. The van der Waals surface area contributed by atoms with Gasteiger partial charge in [-0.1, -0.05) is 36.4 Å². The number of ether oxygens (including phenoxy) is 1. The number of benzene rings is 2. The minimum absolute atomic E-state index is 0.402. The Bertz CT molecular complexity index is 967. The zero-order chi connectivity index (χ0) is 19.2. The number of nitrogens with two attached hydrogens (primary N) is 1. The van der Waals surface area contributed by atoms with Gasteiger partial charge in [-0.05, 0) is 36.8 Å². The van der Waals surface area contributed by atoms with Crippen molar-refractivity contribution >= 4 is 17.5 Å². The molecule has 0 saturated carbocycles. The molecule has 0 amide bonds. The molecule has 1 heterocycles. The fraction of sp³-hybridized carbons (Fsp3) is 0.0952. The van der Waals surface area contributed by atoms with Crippen LogP contribution in [0.5, 0.6) is 0 Å². The molecule has 0 unspecified atom stereocenters. The van der Waals surface area contributed by atoms with Crippen LogP contribution in [0.15, 0.2) is 71.9 Å². The summed E-state index contributed by atoms with van der Waals surface area (Å²) in [6.45, 7) is 1.82. The maximum absolute atomic E-state index is 11.9. The molecule has 3 rings (SSSR count). The van der Waals surface area contributed by atoms with E-state index in [1.807, 2.05) is 55.5 Å². The second-order valence-corrected chi connectivity index (χ2v) is 5.84. The standard InChI is InChI=1S/C21H20N4O2/c1-14-17(21(26)27-2)9-6-10-18(14)24-20(25-22)16-11-12-19(23-13-16)15-7-4-3-5-8-15/h3-13H,22H2,1-2H3,(H,24,25). The molecule has 3 aromatic rings. The molecule has 0 fully saturated rings. The number of aliphatic imine (C=N–C) groups is 1. The second kappa shape index (κ2) is 8.25. The normalized spacial score (nSPS) is 11.1. The summed E-state index contributed by atoms with van der Waals surface area (Å²) in [5.74, 6) is 5.72. The van der Waals surface area contributed by atoms with Crippen molar-refractivity contribution in [2.75, 3.05) is 7.11 Å². The van der Waals surface area contributed by atoms with Gasteiger partial charge in [0.1, 0.15) is 5.84 Å². The molecule has 0 radical (unpaired) electrons. The Morgan fingerprint density at radius 2 is 1.85 bits per heavy atom. The van der Waals surface area contributed by atoms with Crippen LogP contribution in [0, 0.1) is 6.92 Å². The fourth-order valence-electron chi connectivity index (χ4n) is 2.69. The number of hydrazine groups is 1. The van der Waals surface area contributed by atoms with Gasteiger partial charge in [0.05, 0.1) is 24.1 Å². The topological polar surface area (TPSA) is 89.6 Å². The molecule has 0 atom stereocenters. The number of esters is 1. The van der Waals surface area contributed by atoms with Crippen molar-refractivity contribution in [1.29, 1.82) is 0 Å². The highest BCUT2D eigenvalue weighted by Gasteiger charge is 2.12. The van der Waals surface area contributed by atoms with Crippen molar-refractivity contribution < 1.29 is 9.53 Å². The van der Waals surface area contributed by atoms with Crippen molar-refractivity contribution in [1.82, 2.24) is 10.4 Å². The molecule has 0 aliphatic heterocycles. The average molecular weight is 360 g/mol. The first-order chi connectivity index (χ1) is 13.1. The van der Waals surface area contributed by atoms with E-state index in [9.17, 15) is 4.79 Å². The van der Waals surface area contributed by atoms with Gasteiger partial charge in [0.2, 0.25) is 0 Å². The predicted octanol–water partition coefficient (Wildman–Crippen LogP) is 3.39. The van der Waals surface area contributed by atoms with Crippen LogP contribution in [-0.4, -0.2) is 23.9 Å². The molecule has 0 saturated heterocycles. The number of nitrogens with one attached hydrogen (secondary N) is 1. The Hall–Kier alpha value is -3.51. The number of hydrogen-bond donors (Lipinski definition) is 2. The van der Waals surface area contributed by atoms with E-state index >= 15 is 0 Å². The van der Waals surface area contributed by atoms with E-state index < -0.39 is 5.97 Å². The van der Waals surface area contributed by atoms with Crippen LogP contribution in [0.1, 0.15) is 21.5 Å². The summed E-state index contributed by atoms with van der Waals surface area (Å²) in [6, 6.07) is 19.0. The molecule has 0 aliphatic rings. The van der Waals surface area contributed by atoms with Gasteiger partial charge in [-0.2, -0.15) is 0 Å². The van der Waals surface area contributed by atoms with Crippen LogP contribution in [0.3, 0.4) is 0 Å². The maximum atomic E-state index is 11.9. The first-order valence-corrected chi connectivity index (χ1v) is 8.39. The zero-order valence-corrected chi connectivity index (χ0v) is 15.1. The second-order valence-electron chi connectivity index (χ2n) is 5.84. The lowest BCUT2D eigenvalue weighted by Crippen LogP contribution is -2.31. The van der Waals surface area contributed by atoms with Crippen LogP contribution in [0.2, 0.25) is 0 Å². The number of carbonyl (C=O) groups excluding carboxylic acids is 1. The minimum atomic E-state index is -0.402. The minimum Gasteiger partial charge on any atom is -0.465 e. The molecule has 0 spiro atoms. The van der Waals surface area contributed by atoms with E-state index in [2.05, 4.69) is 15.4 Å². The number of pyridine rings is 1. The smallest absolute Gasteiger partial charge is 0.338 e. The van der Waals surface area contributed by atoms with E-state index in [4.69, 9.17) is 10.6 Å². The van der Waals surface area contributed by atoms with Gasteiger partial charge >= 0.3 is 5.97 Å². The van der Waals surface area contributed by atoms with Gasteiger partial charge < -0.3 is 10.2 Å². The molecule has 1 aromatic heterocycles. The first-order valence-electron chi connectivity index (χ1n) is 8.39. The van der Waals surface area contributed by atoms with Crippen LogP contribution in [0.4, 0.5) is 5.69 Å². The summed E-state index contributed by atoms with van der Waals surface area (Å²) in [6.07, 6.45) is 1.71. The van der Waals surface area contributed by atoms with Gasteiger partial charge in [0.25, 0.3) is 0 Å². The largest absolute Gasteiger partial charge is 0.465 e. The zero-order valence-electron chi connectivity index (χ0n) is 15.1. The van der Waals surface area contributed by atoms with E-state index in [1.54, 1.807) is 18.3 Å². The SMILES string of the molecule is COC(=O)c1cccc(N=C(NN)c2ccc(-c3ccccc3)nc2)c1C. The molecule has 2 aromatic carbocycles. The molecule has 27 heavy (non-hydrogen) atoms. The molecule has 136 valence electrons. The lowest BCUT2D eigenvalue weighted by atomic mass is 10.1. The van der Waals surface area contributed by atoms with Gasteiger partial charge in [-0.15, -0.1) is 0 Å². The lowest BCUT2D eigenvalue weighted by Gasteiger charge is -2.10. The Morgan fingerprint density at radius 1 is 1.07 bits per heavy atom. The molecule has 0 aliphatic carbocycles. The van der Waals surface area contributed by atoms with Gasteiger partial charge in [0.15, 0.2) is 0 Å². The monoisotopic (exact) mass is 360 g/mol. The van der Waals surface area contributed by atoms with E-state index in [1.165, 1.54) is 7.11 Å². The van der Waals surface area contributed by atoms with Gasteiger partial charge in [-0.3, -0.25) is 4.98 Å². The first kappa shape index (κ1) is 18.3. The van der Waals surface area contributed by atoms with Crippen LogP contribution in [0.25, 0.3) is 11.3 Å². The third-order valence-corrected chi connectivity index (χ3v) is 4.19. The number of rotatable bonds is 4. The number of carbonyl (C=O) groups is 1. The van der Waals surface area contributed by atoms with Crippen molar-refractivity contribution in [3.8, 4) is 11.3 Å². The molecular formula is C21H20N4O2. The summed E-state index contributed by atoms with van der Waals surface area (Å²) >= 11 is 0. The van der Waals surface area contributed by atoms with Crippen molar-refractivity contribution in [3.05, 3.63) is 83.6 Å². The molecule has 6 heteroatoms. The summed E-state index contributed by atoms with van der Waals surface area (Å²) in [4.78, 5) is 20.9. The number of nitrogens with zero attached hydrogens (tertiary/aromatic N) is 2. The summed E-state index contributed by atoms with van der Waals surface area (Å²) < 4.78 is 4.81. The number of aromatic nitrogens is 1. The predicted molar refractivity (Wildman–Crippen MR) is 106 cm³/mol. The molecule has 0 bridgehead atoms. The van der Waals surface area contributed by atoms with Crippen LogP contribution < -0.4 is 11.3 Å². The average Bonchev–Trinajstić information content (AvgIpc) is 2.73. The molecule has 6 nitrogen and oxygen atoms in total. The summed E-state index contributed by atoms with van der Waals surface area (Å²) in [5.41, 5.74) is 7.04. The Kier molecular flexibility index (Phi) is 5.58. The van der Waals surface area contributed by atoms with E-state index in [0.29, 0.717) is 22.6 Å². The Morgan fingerprint density at radius 3 is 2.48 bits per heavy atom. The van der Waals surface area contributed by atoms with E-state index in [0.717, 1.165) is 16.8 Å². The van der Waals surface area contributed by atoms with Crippen LogP contribution >= 0.6 is 0 Å². The van der Waals surface area contributed by atoms with Crippen molar-refractivity contribution in [2.45, 2.75) is 6.92 Å². The highest BCUT2D eigenvalue weighted by atomic mass is 16.5. The summed E-state index contributed by atoms with van der Waals surface area (Å²) in [5, 5.41) is 0. The Balaban J connectivity index is 1.95. The summed E-state index contributed by atoms with van der Waals surface area (Å²) in [7, 11) is 1.35. The van der Waals surface area contributed by atoms with Crippen LogP contribution in [-0.2, 0) is 4.74 Å². The van der Waals surface area contributed by atoms with Crippen molar-refractivity contribution in [2.24, 2.45) is 10.8 Å². The maximum Gasteiger partial charge on any atom is 0.338 e. The third kappa shape index (κ3) is 4.02. The van der Waals surface area contributed by atoms with Gasteiger partial charge in [-0.25, -0.2) is 15.6 Å². The number of hydrogen-bond acceptors (Lipinski definition) is 5. The number of methoxy groups -OCH3 is 1. The molecule has 3 N–H and O–H groups in total. The van der Waals surface area contributed by atoms with E-state index in [-0.39, 0.29) is 0 Å². The quantitative estimate of drug-likeness (QED) is 0.245. The highest BCUT2D eigenvalue weighted by molar-refractivity contribution is 6.00. The van der Waals surface area contributed by atoms with Gasteiger partial charge in [0, 0.05) is 17.3 Å². The number of amidine groups is 1. The van der Waals surface area contributed by atoms with Crippen molar-refractivity contribution in [3.63, 3.8) is 0 Å². The Labute approximate surface area is 157 Å². The highest BCUT2D eigenvalue weighted by Crippen LogP contribution is 2.23. The molecular weight excluding hydrogens is 340 g/mol.